The lowest BCUT2D eigenvalue weighted by atomic mass is 10.2. The fraction of sp³-hybridized carbons (Fsp3) is 0.538. The van der Waals surface area contributed by atoms with Crippen molar-refractivity contribution in [3.63, 3.8) is 0 Å². The average molecular weight is 284 g/mol. The van der Waals surface area contributed by atoms with Crippen LogP contribution in [0.25, 0.3) is 0 Å². The molecule has 106 valence electrons. The van der Waals surface area contributed by atoms with E-state index in [1.807, 2.05) is 12.3 Å². The number of hydrogen-bond donors (Lipinski definition) is 2. The second-order valence-corrected chi connectivity index (χ2v) is 5.12. The van der Waals surface area contributed by atoms with E-state index in [4.69, 9.17) is 5.11 Å². The van der Waals surface area contributed by atoms with Crippen LogP contribution in [0.3, 0.4) is 0 Å². The fourth-order valence-corrected chi connectivity index (χ4v) is 2.32. The first-order valence-corrected chi connectivity index (χ1v) is 7.22. The number of thiophene rings is 1. The Morgan fingerprint density at radius 2 is 2.26 bits per heavy atom. The van der Waals surface area contributed by atoms with Crippen molar-refractivity contribution in [1.29, 1.82) is 0 Å². The van der Waals surface area contributed by atoms with E-state index in [1.54, 1.807) is 24.0 Å². The molecule has 0 aliphatic heterocycles. The van der Waals surface area contributed by atoms with E-state index in [0.29, 0.717) is 24.4 Å². The van der Waals surface area contributed by atoms with Gasteiger partial charge in [0.15, 0.2) is 0 Å². The molecule has 0 aliphatic carbocycles. The number of aliphatic hydroxyl groups is 1. The van der Waals surface area contributed by atoms with Gasteiger partial charge in [-0.25, -0.2) is 0 Å². The van der Waals surface area contributed by atoms with E-state index < -0.39 is 6.04 Å². The number of nitrogens with one attached hydrogen (secondary N) is 1. The Kier molecular flexibility index (Phi) is 6.52. The molecule has 19 heavy (non-hydrogen) atoms. The van der Waals surface area contributed by atoms with Gasteiger partial charge in [0.25, 0.3) is 5.91 Å². The van der Waals surface area contributed by atoms with Crippen molar-refractivity contribution in [3.8, 4) is 0 Å². The molecule has 0 saturated carbocycles. The summed E-state index contributed by atoms with van der Waals surface area (Å²) >= 11 is 1.34. The highest BCUT2D eigenvalue weighted by Crippen LogP contribution is 2.08. The molecule has 0 bridgehead atoms. The number of hydrogen-bond acceptors (Lipinski definition) is 4. The van der Waals surface area contributed by atoms with Crippen LogP contribution in [0.1, 0.15) is 29.9 Å². The van der Waals surface area contributed by atoms with Gasteiger partial charge in [0.05, 0.1) is 4.88 Å². The highest BCUT2D eigenvalue weighted by Gasteiger charge is 2.21. The van der Waals surface area contributed by atoms with Gasteiger partial charge >= 0.3 is 0 Å². The molecule has 1 rings (SSSR count). The minimum Gasteiger partial charge on any atom is -0.396 e. The van der Waals surface area contributed by atoms with Crippen LogP contribution in [0.4, 0.5) is 0 Å². The van der Waals surface area contributed by atoms with E-state index in [1.165, 1.54) is 11.3 Å². The maximum atomic E-state index is 12.1. The molecule has 1 atom stereocenters. The highest BCUT2D eigenvalue weighted by molar-refractivity contribution is 7.12. The Balaban J connectivity index is 2.53. The van der Waals surface area contributed by atoms with E-state index in [0.717, 1.165) is 0 Å². The van der Waals surface area contributed by atoms with Gasteiger partial charge in [0.1, 0.15) is 6.04 Å². The molecule has 0 fully saturated rings. The summed E-state index contributed by atoms with van der Waals surface area (Å²) in [5.41, 5.74) is 0. The highest BCUT2D eigenvalue weighted by atomic mass is 32.1. The lowest BCUT2D eigenvalue weighted by molar-refractivity contribution is -0.132. The van der Waals surface area contributed by atoms with Gasteiger partial charge in [0, 0.05) is 19.7 Å². The summed E-state index contributed by atoms with van der Waals surface area (Å²) in [5.74, 6) is -0.352. The number of carbonyl (C=O) groups excluding carboxylic acids is 2. The third kappa shape index (κ3) is 4.65. The lowest BCUT2D eigenvalue weighted by Gasteiger charge is -2.24. The number of amides is 2. The monoisotopic (exact) mass is 284 g/mol. The number of carbonyl (C=O) groups is 2. The third-order valence-electron chi connectivity index (χ3n) is 2.74. The quantitative estimate of drug-likeness (QED) is 0.787. The first-order valence-electron chi connectivity index (χ1n) is 6.34. The van der Waals surface area contributed by atoms with Crippen LogP contribution in [0, 0.1) is 0 Å². The van der Waals surface area contributed by atoms with E-state index in [2.05, 4.69) is 5.32 Å². The number of aliphatic hydroxyl groups excluding tert-OH is 1. The maximum Gasteiger partial charge on any atom is 0.261 e. The second-order valence-electron chi connectivity index (χ2n) is 4.17. The number of rotatable bonds is 7. The molecule has 1 aromatic heterocycles. The van der Waals surface area contributed by atoms with Crippen molar-refractivity contribution in [3.05, 3.63) is 22.4 Å². The smallest absolute Gasteiger partial charge is 0.261 e. The summed E-state index contributed by atoms with van der Waals surface area (Å²) in [4.78, 5) is 26.2. The van der Waals surface area contributed by atoms with Crippen molar-refractivity contribution in [2.45, 2.75) is 26.3 Å². The van der Waals surface area contributed by atoms with E-state index in [9.17, 15) is 9.59 Å². The van der Waals surface area contributed by atoms with Gasteiger partial charge < -0.3 is 15.3 Å². The fourth-order valence-electron chi connectivity index (χ4n) is 1.70. The summed E-state index contributed by atoms with van der Waals surface area (Å²) in [5, 5.41) is 13.3. The molecule has 0 aliphatic rings. The molecule has 0 aromatic carbocycles. The van der Waals surface area contributed by atoms with Crippen LogP contribution >= 0.6 is 11.3 Å². The topological polar surface area (TPSA) is 69.6 Å². The van der Waals surface area contributed by atoms with Gasteiger partial charge in [0.2, 0.25) is 5.91 Å². The van der Waals surface area contributed by atoms with Gasteiger partial charge in [-0.05, 0) is 31.7 Å². The van der Waals surface area contributed by atoms with Crippen molar-refractivity contribution < 1.29 is 14.7 Å². The molecule has 1 aromatic rings. The van der Waals surface area contributed by atoms with Gasteiger partial charge in [-0.2, -0.15) is 0 Å². The minimum atomic E-state index is -0.562. The van der Waals surface area contributed by atoms with Crippen molar-refractivity contribution >= 4 is 23.2 Å². The molecule has 0 saturated heterocycles. The Hall–Kier alpha value is -1.40. The third-order valence-corrected chi connectivity index (χ3v) is 3.61. The summed E-state index contributed by atoms with van der Waals surface area (Å²) < 4.78 is 0. The van der Waals surface area contributed by atoms with Gasteiger partial charge in [-0.3, -0.25) is 9.59 Å². The molecule has 6 heteroatoms. The Labute approximate surface area is 117 Å². The normalized spacial score (nSPS) is 11.9. The molecule has 2 amide bonds. The molecule has 1 unspecified atom stereocenters. The summed E-state index contributed by atoms with van der Waals surface area (Å²) in [6.07, 6.45) is 0.547. The van der Waals surface area contributed by atoms with Crippen LogP contribution in [-0.4, -0.2) is 47.6 Å². The number of nitrogens with zero attached hydrogens (tertiary/aromatic N) is 1. The SMILES string of the molecule is CCN(CCCO)C(=O)C(C)NC(=O)c1cccs1. The standard InChI is InChI=1S/C13H20N2O3S/c1-3-15(7-5-8-16)13(18)10(2)14-12(17)11-6-4-9-19-11/h4,6,9-10,16H,3,5,7-8H2,1-2H3,(H,14,17). The molecule has 2 N–H and O–H groups in total. The van der Waals surface area contributed by atoms with Gasteiger partial charge in [-0.1, -0.05) is 6.07 Å². The predicted molar refractivity (Wildman–Crippen MR) is 75.2 cm³/mol. The lowest BCUT2D eigenvalue weighted by Crippen LogP contribution is -2.47. The Morgan fingerprint density at radius 1 is 1.53 bits per heavy atom. The molecule has 1 heterocycles. The Morgan fingerprint density at radius 3 is 2.79 bits per heavy atom. The molecular formula is C13H20N2O3S. The summed E-state index contributed by atoms with van der Waals surface area (Å²) in [6, 6.07) is 2.96. The Bertz CT molecular complexity index is 406. The van der Waals surface area contributed by atoms with Crippen molar-refractivity contribution in [2.24, 2.45) is 0 Å². The zero-order chi connectivity index (χ0) is 14.3. The first kappa shape index (κ1) is 15.7. The van der Waals surface area contributed by atoms with Crippen LogP contribution in [0.5, 0.6) is 0 Å². The largest absolute Gasteiger partial charge is 0.396 e. The van der Waals surface area contributed by atoms with Crippen LogP contribution in [-0.2, 0) is 4.79 Å². The van der Waals surface area contributed by atoms with E-state index in [-0.39, 0.29) is 18.4 Å². The van der Waals surface area contributed by atoms with Crippen LogP contribution in [0.15, 0.2) is 17.5 Å². The summed E-state index contributed by atoms with van der Waals surface area (Å²) in [6.45, 7) is 4.68. The minimum absolute atomic E-state index is 0.0553. The molecule has 5 nitrogen and oxygen atoms in total. The predicted octanol–water partition coefficient (Wildman–Crippen LogP) is 1.10. The maximum absolute atomic E-state index is 12.1. The summed E-state index contributed by atoms with van der Waals surface area (Å²) in [7, 11) is 0. The zero-order valence-corrected chi connectivity index (χ0v) is 12.1. The van der Waals surface area contributed by atoms with E-state index >= 15 is 0 Å². The van der Waals surface area contributed by atoms with Crippen molar-refractivity contribution in [1.82, 2.24) is 10.2 Å². The average Bonchev–Trinajstić information content (AvgIpc) is 2.93. The molecule has 0 radical (unpaired) electrons. The molecular weight excluding hydrogens is 264 g/mol. The zero-order valence-electron chi connectivity index (χ0n) is 11.3. The van der Waals surface area contributed by atoms with Crippen molar-refractivity contribution in [2.75, 3.05) is 19.7 Å². The van der Waals surface area contributed by atoms with Gasteiger partial charge in [-0.15, -0.1) is 11.3 Å². The number of likely N-dealkylation sites (N-methyl/N-ethyl adjacent to an activating group) is 1. The van der Waals surface area contributed by atoms with Crippen LogP contribution in [0.2, 0.25) is 0 Å². The first-order chi connectivity index (χ1) is 9.10. The molecule has 0 spiro atoms. The van der Waals surface area contributed by atoms with Crippen LogP contribution < -0.4 is 5.32 Å². The second kappa shape index (κ2) is 7.91.